The van der Waals surface area contributed by atoms with Gasteiger partial charge in [0.15, 0.2) is 5.58 Å². The Balaban J connectivity index is 1.81. The van der Waals surface area contributed by atoms with E-state index in [1.54, 1.807) is 0 Å². The van der Waals surface area contributed by atoms with Crippen molar-refractivity contribution in [3.8, 4) is 0 Å². The van der Waals surface area contributed by atoms with E-state index in [4.69, 9.17) is 4.42 Å². The van der Waals surface area contributed by atoms with Gasteiger partial charge in [-0.05, 0) is 42.9 Å². The Labute approximate surface area is 105 Å². The molecule has 1 aliphatic carbocycles. The third kappa shape index (κ3) is 2.15. The molecule has 1 saturated carbocycles. The average Bonchev–Trinajstić information content (AvgIpc) is 2.80. The minimum Gasteiger partial charge on any atom is -0.408 e. The van der Waals surface area contributed by atoms with Crippen LogP contribution in [0.4, 0.5) is 5.69 Å². The van der Waals surface area contributed by atoms with Gasteiger partial charge < -0.3 is 9.73 Å². The van der Waals surface area contributed by atoms with Gasteiger partial charge in [-0.25, -0.2) is 4.79 Å². The Morgan fingerprint density at radius 2 is 2.28 bits per heavy atom. The van der Waals surface area contributed by atoms with Crippen LogP contribution in [0.1, 0.15) is 33.1 Å². The molecule has 1 fully saturated rings. The van der Waals surface area contributed by atoms with Crippen LogP contribution in [0.15, 0.2) is 27.4 Å². The first-order valence-corrected chi connectivity index (χ1v) is 6.41. The number of aromatic nitrogens is 1. The van der Waals surface area contributed by atoms with Crippen LogP contribution < -0.4 is 11.1 Å². The highest BCUT2D eigenvalue weighted by atomic mass is 16.4. The van der Waals surface area contributed by atoms with E-state index in [0.29, 0.717) is 17.0 Å². The first kappa shape index (κ1) is 11.4. The molecule has 0 bridgehead atoms. The lowest BCUT2D eigenvalue weighted by Crippen LogP contribution is -2.17. The Morgan fingerprint density at radius 1 is 1.44 bits per heavy atom. The van der Waals surface area contributed by atoms with E-state index in [1.165, 1.54) is 19.3 Å². The molecule has 1 aromatic heterocycles. The van der Waals surface area contributed by atoms with Crippen molar-refractivity contribution in [2.45, 2.75) is 39.2 Å². The first-order chi connectivity index (χ1) is 8.52. The van der Waals surface area contributed by atoms with Crippen LogP contribution in [-0.2, 0) is 0 Å². The van der Waals surface area contributed by atoms with E-state index < -0.39 is 5.76 Å². The molecule has 0 amide bonds. The van der Waals surface area contributed by atoms with Crippen LogP contribution in [0.25, 0.3) is 11.1 Å². The molecule has 4 heteroatoms. The van der Waals surface area contributed by atoms with E-state index in [1.807, 2.05) is 18.2 Å². The van der Waals surface area contributed by atoms with Gasteiger partial charge in [0, 0.05) is 11.7 Å². The van der Waals surface area contributed by atoms with Gasteiger partial charge in [0.25, 0.3) is 0 Å². The molecule has 3 rings (SSSR count). The summed E-state index contributed by atoms with van der Waals surface area (Å²) in [6, 6.07) is 6.25. The molecule has 1 aliphatic rings. The summed E-state index contributed by atoms with van der Waals surface area (Å²) >= 11 is 0. The van der Waals surface area contributed by atoms with Gasteiger partial charge in [-0.1, -0.05) is 13.8 Å². The molecule has 1 aromatic carbocycles. The summed E-state index contributed by atoms with van der Waals surface area (Å²) in [5, 5.41) is 3.53. The molecule has 0 saturated heterocycles. The van der Waals surface area contributed by atoms with Crippen molar-refractivity contribution in [2.75, 3.05) is 5.32 Å². The predicted octanol–water partition coefficient (Wildman–Crippen LogP) is 3.11. The minimum atomic E-state index is -0.399. The number of hydrogen-bond donors (Lipinski definition) is 2. The maximum atomic E-state index is 11.1. The number of rotatable bonds is 2. The molecule has 0 radical (unpaired) electrons. The van der Waals surface area contributed by atoms with Gasteiger partial charge >= 0.3 is 5.76 Å². The maximum Gasteiger partial charge on any atom is 0.417 e. The SMILES string of the molecule is CC1(C)CCC(Nc2ccc3oc(=O)[nH]c3c2)C1. The zero-order valence-corrected chi connectivity index (χ0v) is 10.7. The third-order valence-electron chi connectivity index (χ3n) is 3.76. The quantitative estimate of drug-likeness (QED) is 0.856. The van der Waals surface area contributed by atoms with Crippen LogP contribution in [0.2, 0.25) is 0 Å². The number of benzene rings is 1. The highest BCUT2D eigenvalue weighted by Gasteiger charge is 2.30. The van der Waals surface area contributed by atoms with Gasteiger partial charge in [0.1, 0.15) is 0 Å². The molecule has 2 N–H and O–H groups in total. The number of hydrogen-bond acceptors (Lipinski definition) is 3. The standard InChI is InChI=1S/C14H18N2O2/c1-14(2)6-5-10(8-14)15-9-3-4-12-11(7-9)16-13(17)18-12/h3-4,7,10,15H,5-6,8H2,1-2H3,(H,16,17). The van der Waals surface area contributed by atoms with Gasteiger partial charge in [-0.3, -0.25) is 4.98 Å². The Kier molecular flexibility index (Phi) is 2.47. The summed E-state index contributed by atoms with van der Waals surface area (Å²) < 4.78 is 4.99. The zero-order chi connectivity index (χ0) is 12.8. The van der Waals surface area contributed by atoms with Crippen LogP contribution in [0, 0.1) is 5.41 Å². The van der Waals surface area contributed by atoms with E-state index in [9.17, 15) is 4.79 Å². The van der Waals surface area contributed by atoms with Crippen LogP contribution in [0.3, 0.4) is 0 Å². The van der Waals surface area contributed by atoms with Crippen LogP contribution >= 0.6 is 0 Å². The van der Waals surface area contributed by atoms with Crippen molar-refractivity contribution in [1.82, 2.24) is 4.98 Å². The fourth-order valence-electron chi connectivity index (χ4n) is 2.84. The molecular formula is C14H18N2O2. The topological polar surface area (TPSA) is 58.0 Å². The predicted molar refractivity (Wildman–Crippen MR) is 71.9 cm³/mol. The number of nitrogens with one attached hydrogen (secondary N) is 2. The number of H-pyrrole nitrogens is 1. The van der Waals surface area contributed by atoms with Crippen LogP contribution in [0.5, 0.6) is 0 Å². The maximum absolute atomic E-state index is 11.1. The second-order valence-corrected chi connectivity index (χ2v) is 5.97. The summed E-state index contributed by atoms with van der Waals surface area (Å²) in [5.74, 6) is -0.399. The fraction of sp³-hybridized carbons (Fsp3) is 0.500. The lowest BCUT2D eigenvalue weighted by molar-refractivity contribution is 0.378. The summed E-state index contributed by atoms with van der Waals surface area (Å²) in [7, 11) is 0. The highest BCUT2D eigenvalue weighted by Crippen LogP contribution is 2.38. The lowest BCUT2D eigenvalue weighted by Gasteiger charge is -2.18. The fourth-order valence-corrected chi connectivity index (χ4v) is 2.84. The molecule has 0 aliphatic heterocycles. The Morgan fingerprint density at radius 3 is 3.00 bits per heavy atom. The van der Waals surface area contributed by atoms with Crippen molar-refractivity contribution >= 4 is 16.8 Å². The minimum absolute atomic E-state index is 0.399. The van der Waals surface area contributed by atoms with Gasteiger partial charge in [0.05, 0.1) is 5.52 Å². The van der Waals surface area contributed by atoms with E-state index >= 15 is 0 Å². The molecule has 1 unspecified atom stereocenters. The molecule has 4 nitrogen and oxygen atoms in total. The van der Waals surface area contributed by atoms with Crippen molar-refractivity contribution in [2.24, 2.45) is 5.41 Å². The number of aromatic amines is 1. The summed E-state index contributed by atoms with van der Waals surface area (Å²) in [6.45, 7) is 4.62. The van der Waals surface area contributed by atoms with Crippen molar-refractivity contribution < 1.29 is 4.42 Å². The van der Waals surface area contributed by atoms with Gasteiger partial charge in [-0.2, -0.15) is 0 Å². The van der Waals surface area contributed by atoms with Crippen molar-refractivity contribution in [3.05, 3.63) is 28.7 Å². The average molecular weight is 246 g/mol. The van der Waals surface area contributed by atoms with Gasteiger partial charge in [-0.15, -0.1) is 0 Å². The largest absolute Gasteiger partial charge is 0.417 e. The normalized spacial score (nSPS) is 22.4. The molecular weight excluding hydrogens is 228 g/mol. The highest BCUT2D eigenvalue weighted by molar-refractivity contribution is 5.76. The zero-order valence-electron chi connectivity index (χ0n) is 10.7. The van der Waals surface area contributed by atoms with E-state index in [2.05, 4.69) is 24.1 Å². The number of anilines is 1. The second kappa shape index (κ2) is 3.90. The molecule has 96 valence electrons. The van der Waals surface area contributed by atoms with Crippen molar-refractivity contribution in [1.29, 1.82) is 0 Å². The number of oxazole rings is 1. The Bertz CT molecular complexity index is 624. The molecule has 1 atom stereocenters. The smallest absolute Gasteiger partial charge is 0.408 e. The van der Waals surface area contributed by atoms with Crippen LogP contribution in [-0.4, -0.2) is 11.0 Å². The van der Waals surface area contributed by atoms with Crippen molar-refractivity contribution in [3.63, 3.8) is 0 Å². The monoisotopic (exact) mass is 246 g/mol. The Hall–Kier alpha value is -1.71. The number of fused-ring (bicyclic) bond motifs is 1. The molecule has 2 aromatic rings. The lowest BCUT2D eigenvalue weighted by atomic mass is 9.92. The summed E-state index contributed by atoms with van der Waals surface area (Å²) in [5.41, 5.74) is 2.84. The molecule has 0 spiro atoms. The van der Waals surface area contributed by atoms with E-state index in [-0.39, 0.29) is 0 Å². The second-order valence-electron chi connectivity index (χ2n) is 5.97. The third-order valence-corrected chi connectivity index (χ3v) is 3.76. The molecule has 1 heterocycles. The molecule has 18 heavy (non-hydrogen) atoms. The first-order valence-electron chi connectivity index (χ1n) is 6.41. The van der Waals surface area contributed by atoms with E-state index in [0.717, 1.165) is 11.2 Å². The summed E-state index contributed by atoms with van der Waals surface area (Å²) in [6.07, 6.45) is 3.65. The summed E-state index contributed by atoms with van der Waals surface area (Å²) in [4.78, 5) is 13.8. The van der Waals surface area contributed by atoms with Gasteiger partial charge in [0.2, 0.25) is 0 Å².